The molecule has 0 saturated carbocycles. The summed E-state index contributed by atoms with van der Waals surface area (Å²) in [5, 5.41) is 7.76. The number of piperidine rings is 1. The molecule has 1 amide bonds. The number of carbonyl (C=O) groups is 1. The first-order valence-electron chi connectivity index (χ1n) is 8.59. The highest BCUT2D eigenvalue weighted by atomic mass is 35.5. The molecule has 0 unspecified atom stereocenters. The number of nitrogens with one attached hydrogen (secondary N) is 1. The summed E-state index contributed by atoms with van der Waals surface area (Å²) in [4.78, 5) is 23.3. The standard InChI is InChI=1S/C18H19ClN6O/c1-12-10-16(25-18(22-12)20-11-21-25)24-8-6-13(7-9-24)17(26)23-15-5-3-2-4-14(15)19/h2-5,10-11,13H,6-9H2,1H3,(H,23,26). The lowest BCUT2D eigenvalue weighted by Gasteiger charge is -2.32. The van der Waals surface area contributed by atoms with Gasteiger partial charge in [0.2, 0.25) is 5.91 Å². The van der Waals surface area contributed by atoms with Gasteiger partial charge in [-0.15, -0.1) is 0 Å². The van der Waals surface area contributed by atoms with E-state index in [1.165, 1.54) is 6.33 Å². The van der Waals surface area contributed by atoms with Crippen LogP contribution in [0.15, 0.2) is 36.7 Å². The third kappa shape index (κ3) is 3.22. The molecule has 1 aliphatic heterocycles. The second kappa shape index (κ2) is 6.92. The number of benzene rings is 1. The molecule has 134 valence electrons. The van der Waals surface area contributed by atoms with Gasteiger partial charge in [0.1, 0.15) is 12.1 Å². The van der Waals surface area contributed by atoms with Gasteiger partial charge in [0.25, 0.3) is 5.78 Å². The number of para-hydroxylation sites is 1. The van der Waals surface area contributed by atoms with Gasteiger partial charge in [-0.25, -0.2) is 4.98 Å². The van der Waals surface area contributed by atoms with E-state index in [2.05, 4.69) is 25.3 Å². The Kier molecular flexibility index (Phi) is 4.46. The Balaban J connectivity index is 1.44. The fourth-order valence-corrected chi connectivity index (χ4v) is 3.49. The quantitative estimate of drug-likeness (QED) is 0.767. The van der Waals surface area contributed by atoms with Crippen LogP contribution in [0.3, 0.4) is 0 Å². The van der Waals surface area contributed by atoms with Gasteiger partial charge in [0.15, 0.2) is 0 Å². The molecular formula is C18H19ClN6O. The van der Waals surface area contributed by atoms with E-state index in [4.69, 9.17) is 11.6 Å². The van der Waals surface area contributed by atoms with Crippen molar-refractivity contribution in [2.45, 2.75) is 19.8 Å². The molecule has 1 aliphatic rings. The van der Waals surface area contributed by atoms with Crippen LogP contribution in [-0.4, -0.2) is 38.6 Å². The number of aryl methyl sites for hydroxylation is 1. The average molecular weight is 371 g/mol. The van der Waals surface area contributed by atoms with Crippen LogP contribution in [0.5, 0.6) is 0 Å². The third-order valence-electron chi connectivity index (χ3n) is 4.68. The van der Waals surface area contributed by atoms with E-state index in [1.807, 2.05) is 31.2 Å². The Morgan fingerprint density at radius 2 is 2.04 bits per heavy atom. The summed E-state index contributed by atoms with van der Waals surface area (Å²) in [5.41, 5.74) is 1.56. The molecule has 0 spiro atoms. The van der Waals surface area contributed by atoms with Crippen molar-refractivity contribution in [1.29, 1.82) is 0 Å². The van der Waals surface area contributed by atoms with Gasteiger partial charge < -0.3 is 10.2 Å². The van der Waals surface area contributed by atoms with Crippen molar-refractivity contribution in [2.24, 2.45) is 5.92 Å². The van der Waals surface area contributed by atoms with Gasteiger partial charge in [-0.1, -0.05) is 23.7 Å². The fourth-order valence-electron chi connectivity index (χ4n) is 3.30. The molecular weight excluding hydrogens is 352 g/mol. The van der Waals surface area contributed by atoms with Crippen LogP contribution in [0.1, 0.15) is 18.5 Å². The molecule has 0 radical (unpaired) electrons. The lowest BCUT2D eigenvalue weighted by atomic mass is 9.95. The summed E-state index contributed by atoms with van der Waals surface area (Å²) in [6, 6.07) is 9.30. The topological polar surface area (TPSA) is 75.4 Å². The van der Waals surface area contributed by atoms with Gasteiger partial charge in [-0.3, -0.25) is 4.79 Å². The van der Waals surface area contributed by atoms with Gasteiger partial charge in [-0.2, -0.15) is 14.6 Å². The SMILES string of the molecule is Cc1cc(N2CCC(C(=O)Nc3ccccc3Cl)CC2)n2ncnc2n1. The predicted molar refractivity (Wildman–Crippen MR) is 101 cm³/mol. The molecule has 3 heterocycles. The minimum atomic E-state index is -0.0308. The molecule has 0 aliphatic carbocycles. The summed E-state index contributed by atoms with van der Waals surface area (Å²) in [6.07, 6.45) is 3.05. The van der Waals surface area contributed by atoms with Gasteiger partial charge >= 0.3 is 0 Å². The summed E-state index contributed by atoms with van der Waals surface area (Å²) < 4.78 is 1.75. The second-order valence-electron chi connectivity index (χ2n) is 6.46. The normalized spacial score (nSPS) is 15.4. The Labute approximate surface area is 156 Å². The highest BCUT2D eigenvalue weighted by molar-refractivity contribution is 6.33. The third-order valence-corrected chi connectivity index (χ3v) is 5.01. The largest absolute Gasteiger partial charge is 0.356 e. The van der Waals surface area contributed by atoms with E-state index in [0.29, 0.717) is 16.5 Å². The van der Waals surface area contributed by atoms with E-state index in [1.54, 1.807) is 10.6 Å². The first-order chi connectivity index (χ1) is 12.6. The van der Waals surface area contributed by atoms with Crippen molar-refractivity contribution < 1.29 is 4.79 Å². The van der Waals surface area contributed by atoms with Crippen LogP contribution in [0.2, 0.25) is 5.02 Å². The number of amides is 1. The summed E-state index contributed by atoms with van der Waals surface area (Å²) in [5.74, 6) is 1.56. The van der Waals surface area contributed by atoms with Crippen molar-refractivity contribution in [2.75, 3.05) is 23.3 Å². The molecule has 2 aromatic heterocycles. The van der Waals surface area contributed by atoms with Crippen LogP contribution < -0.4 is 10.2 Å². The van der Waals surface area contributed by atoms with Crippen LogP contribution in [0.4, 0.5) is 11.5 Å². The Hall–Kier alpha value is -2.67. The first kappa shape index (κ1) is 16.8. The maximum Gasteiger partial charge on any atom is 0.254 e. The molecule has 1 N–H and O–H groups in total. The highest BCUT2D eigenvalue weighted by Crippen LogP contribution is 2.26. The van der Waals surface area contributed by atoms with E-state index in [9.17, 15) is 4.79 Å². The van der Waals surface area contributed by atoms with E-state index < -0.39 is 0 Å². The molecule has 0 atom stereocenters. The second-order valence-corrected chi connectivity index (χ2v) is 6.87. The number of nitrogens with zero attached hydrogens (tertiary/aromatic N) is 5. The first-order valence-corrected chi connectivity index (χ1v) is 8.97. The number of anilines is 2. The molecule has 3 aromatic rings. The maximum absolute atomic E-state index is 12.6. The maximum atomic E-state index is 12.6. The molecule has 0 bridgehead atoms. The minimum Gasteiger partial charge on any atom is -0.356 e. The average Bonchev–Trinajstić information content (AvgIpc) is 3.11. The molecule has 1 saturated heterocycles. The summed E-state index contributed by atoms with van der Waals surface area (Å²) >= 11 is 6.13. The Morgan fingerprint density at radius 3 is 2.81 bits per heavy atom. The number of halogens is 1. The monoisotopic (exact) mass is 370 g/mol. The predicted octanol–water partition coefficient (Wildman–Crippen LogP) is 2.94. The number of fused-ring (bicyclic) bond motifs is 1. The number of aromatic nitrogens is 4. The Bertz CT molecular complexity index is 948. The lowest BCUT2D eigenvalue weighted by Crippen LogP contribution is -2.39. The summed E-state index contributed by atoms with van der Waals surface area (Å²) in [6.45, 7) is 3.50. The van der Waals surface area contributed by atoms with Crippen molar-refractivity contribution in [3.05, 3.63) is 47.4 Å². The lowest BCUT2D eigenvalue weighted by molar-refractivity contribution is -0.120. The number of carbonyl (C=O) groups excluding carboxylic acids is 1. The van der Waals surface area contributed by atoms with Gasteiger partial charge in [0, 0.05) is 30.8 Å². The van der Waals surface area contributed by atoms with E-state index in [-0.39, 0.29) is 11.8 Å². The highest BCUT2D eigenvalue weighted by Gasteiger charge is 2.27. The summed E-state index contributed by atoms with van der Waals surface area (Å²) in [7, 11) is 0. The van der Waals surface area contributed by atoms with Crippen LogP contribution in [-0.2, 0) is 4.79 Å². The molecule has 4 rings (SSSR count). The van der Waals surface area contributed by atoms with Gasteiger partial charge in [-0.05, 0) is 31.9 Å². The zero-order valence-corrected chi connectivity index (χ0v) is 15.1. The fraction of sp³-hybridized carbons (Fsp3) is 0.333. The minimum absolute atomic E-state index is 0.0227. The van der Waals surface area contributed by atoms with E-state index >= 15 is 0 Å². The zero-order chi connectivity index (χ0) is 18.1. The van der Waals surface area contributed by atoms with Crippen LogP contribution >= 0.6 is 11.6 Å². The molecule has 8 heteroatoms. The van der Waals surface area contributed by atoms with Gasteiger partial charge in [0.05, 0.1) is 10.7 Å². The van der Waals surface area contributed by atoms with Crippen molar-refractivity contribution in [3.63, 3.8) is 0 Å². The smallest absolute Gasteiger partial charge is 0.254 e. The zero-order valence-electron chi connectivity index (χ0n) is 14.4. The molecule has 1 aromatic carbocycles. The van der Waals surface area contributed by atoms with Crippen molar-refractivity contribution in [3.8, 4) is 0 Å². The number of hydrogen-bond donors (Lipinski definition) is 1. The number of hydrogen-bond acceptors (Lipinski definition) is 5. The van der Waals surface area contributed by atoms with Crippen LogP contribution in [0.25, 0.3) is 5.78 Å². The Morgan fingerprint density at radius 1 is 1.27 bits per heavy atom. The molecule has 1 fully saturated rings. The number of rotatable bonds is 3. The van der Waals surface area contributed by atoms with Crippen LogP contribution in [0, 0.1) is 12.8 Å². The van der Waals surface area contributed by atoms with Crippen molar-refractivity contribution >= 4 is 34.8 Å². The van der Waals surface area contributed by atoms with E-state index in [0.717, 1.165) is 37.4 Å². The molecule has 7 nitrogen and oxygen atoms in total. The molecule has 26 heavy (non-hydrogen) atoms. The van der Waals surface area contributed by atoms with Crippen molar-refractivity contribution in [1.82, 2.24) is 19.6 Å².